The molecule has 6 nitrogen and oxygen atoms in total. The maximum absolute atomic E-state index is 13.6. The van der Waals surface area contributed by atoms with Crippen LogP contribution in [0.25, 0.3) is 10.9 Å². The van der Waals surface area contributed by atoms with Gasteiger partial charge in [-0.1, -0.05) is 23.8 Å². The lowest BCUT2D eigenvalue weighted by molar-refractivity contribution is 0.00490. The molecule has 3 fully saturated rings. The summed E-state index contributed by atoms with van der Waals surface area (Å²) in [7, 11) is -2.11. The van der Waals surface area contributed by atoms with Crippen LogP contribution in [0.5, 0.6) is 5.75 Å². The first-order chi connectivity index (χ1) is 16.4. The third-order valence-corrected chi connectivity index (χ3v) is 8.93. The molecule has 0 aliphatic carbocycles. The summed E-state index contributed by atoms with van der Waals surface area (Å²) in [5, 5.41) is 0.904. The van der Waals surface area contributed by atoms with Gasteiger partial charge < -0.3 is 4.74 Å². The average Bonchev–Trinajstić information content (AvgIpc) is 2.87. The molecule has 6 rings (SSSR count). The van der Waals surface area contributed by atoms with Crippen molar-refractivity contribution >= 4 is 20.9 Å². The smallest absolute Gasteiger partial charge is 0.241 e. The van der Waals surface area contributed by atoms with Gasteiger partial charge in [-0.2, -0.15) is 0 Å². The monoisotopic (exact) mass is 477 g/mol. The van der Waals surface area contributed by atoms with Crippen molar-refractivity contribution in [3.63, 3.8) is 0 Å². The predicted octanol–water partition coefficient (Wildman–Crippen LogP) is 4.47. The molecule has 34 heavy (non-hydrogen) atoms. The molecule has 1 aromatic heterocycles. The Morgan fingerprint density at radius 3 is 2.68 bits per heavy atom. The molecule has 0 radical (unpaired) electrons. The van der Waals surface area contributed by atoms with Crippen LogP contribution in [-0.2, 0) is 10.0 Å². The molecule has 1 N–H and O–H groups in total. The Balaban J connectivity index is 1.61. The lowest BCUT2D eigenvalue weighted by atomic mass is 9.73. The lowest BCUT2D eigenvalue weighted by Gasteiger charge is -2.51. The first kappa shape index (κ1) is 23.0. The maximum Gasteiger partial charge on any atom is 0.241 e. The number of sulfonamides is 1. The summed E-state index contributed by atoms with van der Waals surface area (Å²) in [6.45, 7) is 7.86. The van der Waals surface area contributed by atoms with E-state index in [0.717, 1.165) is 53.7 Å². The van der Waals surface area contributed by atoms with Crippen LogP contribution in [0.4, 0.5) is 0 Å². The number of piperidine rings is 3. The van der Waals surface area contributed by atoms with Crippen LogP contribution in [-0.4, -0.2) is 44.5 Å². The Bertz CT molecular complexity index is 1310. The van der Waals surface area contributed by atoms with Gasteiger partial charge in [0.25, 0.3) is 0 Å². The molecule has 2 aromatic carbocycles. The molecular formula is C27H31N3O3S. The highest BCUT2D eigenvalue weighted by Gasteiger charge is 2.44. The SMILES string of the molecule is C=CC1CN2CCC1CC2[C@H](NS(=O)(=O)c1ccc(C)cc1)c1ccnc2ccc(OC)cc12. The number of rotatable bonds is 7. The van der Waals surface area contributed by atoms with E-state index < -0.39 is 16.1 Å². The number of pyridine rings is 1. The molecule has 4 heterocycles. The number of benzene rings is 2. The highest BCUT2D eigenvalue weighted by Crippen LogP contribution is 2.42. The van der Waals surface area contributed by atoms with Crippen LogP contribution in [0.15, 0.2) is 72.3 Å². The second kappa shape index (κ2) is 9.13. The molecule has 2 bridgehead atoms. The quantitative estimate of drug-likeness (QED) is 0.509. The van der Waals surface area contributed by atoms with E-state index in [4.69, 9.17) is 4.74 Å². The van der Waals surface area contributed by atoms with Gasteiger partial charge in [0.2, 0.25) is 10.0 Å². The number of aromatic nitrogens is 1. The number of fused-ring (bicyclic) bond motifs is 4. The average molecular weight is 478 g/mol. The minimum Gasteiger partial charge on any atom is -0.497 e. The largest absolute Gasteiger partial charge is 0.497 e. The van der Waals surface area contributed by atoms with Gasteiger partial charge in [0.15, 0.2) is 0 Å². The second-order valence-corrected chi connectivity index (χ2v) is 11.2. The fraction of sp³-hybridized carbons (Fsp3) is 0.370. The van der Waals surface area contributed by atoms with Crippen LogP contribution in [0.2, 0.25) is 0 Å². The second-order valence-electron chi connectivity index (χ2n) is 9.44. The van der Waals surface area contributed by atoms with Crippen molar-refractivity contribution in [3.8, 4) is 5.75 Å². The van der Waals surface area contributed by atoms with E-state index in [1.165, 1.54) is 0 Å². The van der Waals surface area contributed by atoms with Crippen LogP contribution in [0.1, 0.15) is 30.0 Å². The van der Waals surface area contributed by atoms with E-state index in [-0.39, 0.29) is 10.9 Å². The summed E-state index contributed by atoms with van der Waals surface area (Å²) < 4.78 is 35.7. The summed E-state index contributed by atoms with van der Waals surface area (Å²) in [6, 6.07) is 14.3. The van der Waals surface area contributed by atoms with E-state index in [0.29, 0.717) is 11.8 Å². The summed E-state index contributed by atoms with van der Waals surface area (Å²) in [5.74, 6) is 1.69. The van der Waals surface area contributed by atoms with Gasteiger partial charge in [-0.15, -0.1) is 6.58 Å². The lowest BCUT2D eigenvalue weighted by Crippen LogP contribution is -2.57. The summed E-state index contributed by atoms with van der Waals surface area (Å²) in [5.41, 5.74) is 2.76. The number of nitrogens with zero attached hydrogens (tertiary/aromatic N) is 2. The molecule has 3 aliphatic heterocycles. The van der Waals surface area contributed by atoms with Gasteiger partial charge in [-0.3, -0.25) is 9.88 Å². The summed E-state index contributed by atoms with van der Waals surface area (Å²) in [4.78, 5) is 7.23. The number of nitrogens with one attached hydrogen (secondary N) is 1. The van der Waals surface area contributed by atoms with Crippen LogP contribution in [0, 0.1) is 18.8 Å². The van der Waals surface area contributed by atoms with Gasteiger partial charge in [0, 0.05) is 24.2 Å². The molecular weight excluding hydrogens is 446 g/mol. The molecule has 0 saturated carbocycles. The zero-order valence-corrected chi connectivity index (χ0v) is 20.5. The number of methoxy groups -OCH3 is 1. The number of hydrogen-bond acceptors (Lipinski definition) is 5. The van der Waals surface area contributed by atoms with E-state index in [9.17, 15) is 8.42 Å². The predicted molar refractivity (Wildman–Crippen MR) is 134 cm³/mol. The van der Waals surface area contributed by atoms with Crippen molar-refractivity contribution in [2.75, 3.05) is 20.2 Å². The van der Waals surface area contributed by atoms with E-state index in [1.807, 2.05) is 43.3 Å². The van der Waals surface area contributed by atoms with Gasteiger partial charge in [-0.05, 0) is 80.1 Å². The Kier molecular flexibility index (Phi) is 6.18. The Labute approximate surface area is 201 Å². The van der Waals surface area contributed by atoms with Gasteiger partial charge in [0.05, 0.1) is 23.6 Å². The highest BCUT2D eigenvalue weighted by molar-refractivity contribution is 7.89. The summed E-state index contributed by atoms with van der Waals surface area (Å²) >= 11 is 0. The van der Waals surface area contributed by atoms with Gasteiger partial charge >= 0.3 is 0 Å². The number of hydrogen-bond donors (Lipinski definition) is 1. The van der Waals surface area contributed by atoms with Crippen molar-refractivity contribution in [1.82, 2.24) is 14.6 Å². The fourth-order valence-electron chi connectivity index (χ4n) is 5.57. The zero-order chi connectivity index (χ0) is 23.9. The van der Waals surface area contributed by atoms with Crippen LogP contribution >= 0.6 is 0 Å². The van der Waals surface area contributed by atoms with Crippen molar-refractivity contribution in [3.05, 3.63) is 78.5 Å². The van der Waals surface area contributed by atoms with Crippen LogP contribution in [0.3, 0.4) is 0 Å². The Morgan fingerprint density at radius 1 is 1.21 bits per heavy atom. The molecule has 0 spiro atoms. The first-order valence-corrected chi connectivity index (χ1v) is 13.3. The molecule has 4 unspecified atom stereocenters. The van der Waals surface area contributed by atoms with E-state index in [1.54, 1.807) is 25.4 Å². The third-order valence-electron chi connectivity index (χ3n) is 7.47. The number of ether oxygens (including phenoxy) is 1. The normalized spacial score (nSPS) is 25.2. The molecule has 0 amide bonds. The highest BCUT2D eigenvalue weighted by atomic mass is 32.2. The first-order valence-electron chi connectivity index (χ1n) is 11.8. The zero-order valence-electron chi connectivity index (χ0n) is 19.6. The third kappa shape index (κ3) is 4.24. The fourth-order valence-corrected chi connectivity index (χ4v) is 6.82. The van der Waals surface area contributed by atoms with Gasteiger partial charge in [0.1, 0.15) is 5.75 Å². The molecule has 3 saturated heterocycles. The Morgan fingerprint density at radius 2 is 2.00 bits per heavy atom. The topological polar surface area (TPSA) is 71.5 Å². The van der Waals surface area contributed by atoms with Gasteiger partial charge in [-0.25, -0.2) is 13.1 Å². The van der Waals surface area contributed by atoms with Crippen molar-refractivity contribution in [2.45, 2.75) is 36.7 Å². The molecule has 178 valence electrons. The number of aryl methyl sites for hydroxylation is 1. The van der Waals surface area contributed by atoms with Crippen molar-refractivity contribution in [2.24, 2.45) is 11.8 Å². The molecule has 3 aromatic rings. The Hall–Kier alpha value is -2.74. The standard InChI is InChI=1S/C27H31N3O3S/c1-4-19-17-30-14-12-20(19)15-26(30)27(29-34(31,32)22-8-5-18(2)6-9-22)23-11-13-28-25-10-7-21(33-3)16-24(23)25/h4-11,13,16,19-20,26-27,29H,1,12,14-15,17H2,2-3H3/t19?,20?,26?,27-/m1/s1. The maximum atomic E-state index is 13.6. The van der Waals surface area contributed by atoms with Crippen molar-refractivity contribution in [1.29, 1.82) is 0 Å². The van der Waals surface area contributed by atoms with E-state index >= 15 is 0 Å². The summed E-state index contributed by atoms with van der Waals surface area (Å²) in [6.07, 6.45) is 5.87. The van der Waals surface area contributed by atoms with Crippen LogP contribution < -0.4 is 9.46 Å². The molecule has 3 aliphatic rings. The van der Waals surface area contributed by atoms with E-state index in [2.05, 4.69) is 27.3 Å². The van der Waals surface area contributed by atoms with Crippen molar-refractivity contribution < 1.29 is 13.2 Å². The minimum atomic E-state index is -3.74. The molecule has 7 heteroatoms. The minimum absolute atomic E-state index is 0.0481. The molecule has 5 atom stereocenters.